The lowest BCUT2D eigenvalue weighted by atomic mass is 10.0. The molecule has 20 heavy (non-hydrogen) atoms. The molecule has 4 nitrogen and oxygen atoms in total. The zero-order valence-electron chi connectivity index (χ0n) is 10.9. The molecule has 1 aliphatic rings. The first-order chi connectivity index (χ1) is 9.59. The van der Waals surface area contributed by atoms with E-state index in [0.717, 1.165) is 5.56 Å². The van der Waals surface area contributed by atoms with E-state index in [1.807, 2.05) is 23.8 Å². The molecule has 0 aliphatic carbocycles. The van der Waals surface area contributed by atoms with Crippen molar-refractivity contribution in [3.05, 3.63) is 51.7 Å². The SMILES string of the molecule is Cc1cscc1C(=O)N1C[C@H](C(=O)O)c2ccccc21. The Kier molecular flexibility index (Phi) is 3.06. The molecular weight excluding hydrogens is 274 g/mol. The number of nitrogens with zero attached hydrogens (tertiary/aromatic N) is 1. The summed E-state index contributed by atoms with van der Waals surface area (Å²) < 4.78 is 0. The molecule has 0 saturated heterocycles. The number of benzene rings is 1. The maximum Gasteiger partial charge on any atom is 0.312 e. The van der Waals surface area contributed by atoms with Crippen molar-refractivity contribution in [2.75, 3.05) is 11.4 Å². The summed E-state index contributed by atoms with van der Waals surface area (Å²) in [6, 6.07) is 7.21. The van der Waals surface area contributed by atoms with Gasteiger partial charge in [-0.15, -0.1) is 0 Å². The Balaban J connectivity index is 2.03. The number of thiophene rings is 1. The van der Waals surface area contributed by atoms with Gasteiger partial charge in [0.1, 0.15) is 5.92 Å². The highest BCUT2D eigenvalue weighted by atomic mass is 32.1. The molecule has 2 heterocycles. The molecule has 102 valence electrons. The number of carbonyl (C=O) groups is 2. The third-order valence-electron chi connectivity index (χ3n) is 3.60. The Morgan fingerprint density at radius 1 is 1.30 bits per heavy atom. The van der Waals surface area contributed by atoms with Gasteiger partial charge in [-0.05, 0) is 29.5 Å². The summed E-state index contributed by atoms with van der Waals surface area (Å²) in [5, 5.41) is 13.0. The number of anilines is 1. The first-order valence-corrected chi connectivity index (χ1v) is 7.20. The lowest BCUT2D eigenvalue weighted by Crippen LogP contribution is -2.31. The number of aliphatic carboxylic acids is 1. The van der Waals surface area contributed by atoms with Crippen LogP contribution in [0.2, 0.25) is 0 Å². The van der Waals surface area contributed by atoms with Crippen molar-refractivity contribution in [3.8, 4) is 0 Å². The van der Waals surface area contributed by atoms with Crippen molar-refractivity contribution >= 4 is 28.9 Å². The minimum atomic E-state index is -0.894. The Bertz CT molecular complexity index is 692. The molecule has 1 N–H and O–H groups in total. The number of amides is 1. The molecule has 0 bridgehead atoms. The van der Waals surface area contributed by atoms with Crippen molar-refractivity contribution in [2.24, 2.45) is 0 Å². The minimum Gasteiger partial charge on any atom is -0.481 e. The number of rotatable bonds is 2. The van der Waals surface area contributed by atoms with Crippen LogP contribution in [0.1, 0.15) is 27.4 Å². The summed E-state index contributed by atoms with van der Waals surface area (Å²) in [5.74, 6) is -1.66. The zero-order valence-corrected chi connectivity index (χ0v) is 11.7. The lowest BCUT2D eigenvalue weighted by molar-refractivity contribution is -0.138. The fourth-order valence-corrected chi connectivity index (χ4v) is 3.36. The van der Waals surface area contributed by atoms with Gasteiger partial charge in [0.25, 0.3) is 5.91 Å². The first-order valence-electron chi connectivity index (χ1n) is 6.26. The van der Waals surface area contributed by atoms with Crippen LogP contribution >= 0.6 is 11.3 Å². The van der Waals surface area contributed by atoms with E-state index in [1.54, 1.807) is 23.1 Å². The van der Waals surface area contributed by atoms with Gasteiger partial charge in [-0.3, -0.25) is 9.59 Å². The monoisotopic (exact) mass is 287 g/mol. The van der Waals surface area contributed by atoms with Crippen LogP contribution in [0.3, 0.4) is 0 Å². The first kappa shape index (κ1) is 12.9. The summed E-state index contributed by atoms with van der Waals surface area (Å²) in [7, 11) is 0. The van der Waals surface area contributed by atoms with Gasteiger partial charge in [0, 0.05) is 17.6 Å². The third-order valence-corrected chi connectivity index (χ3v) is 4.46. The highest BCUT2D eigenvalue weighted by Gasteiger charge is 2.36. The van der Waals surface area contributed by atoms with E-state index in [-0.39, 0.29) is 12.5 Å². The molecule has 1 amide bonds. The molecule has 1 aromatic carbocycles. The second-order valence-electron chi connectivity index (χ2n) is 4.83. The van der Waals surface area contributed by atoms with Gasteiger partial charge in [-0.1, -0.05) is 18.2 Å². The van der Waals surface area contributed by atoms with Gasteiger partial charge < -0.3 is 10.0 Å². The molecular formula is C15H13NO3S. The molecule has 1 aliphatic heterocycles. The molecule has 5 heteroatoms. The summed E-state index contributed by atoms with van der Waals surface area (Å²) in [6.45, 7) is 2.09. The van der Waals surface area contributed by atoms with E-state index in [0.29, 0.717) is 16.8 Å². The highest BCUT2D eigenvalue weighted by molar-refractivity contribution is 7.08. The number of fused-ring (bicyclic) bond motifs is 1. The quantitative estimate of drug-likeness (QED) is 0.924. The Labute approximate surface area is 120 Å². The average molecular weight is 287 g/mol. The molecule has 2 aromatic rings. The summed E-state index contributed by atoms with van der Waals surface area (Å²) in [5.41, 5.74) is 2.99. The lowest BCUT2D eigenvalue weighted by Gasteiger charge is -2.17. The number of aryl methyl sites for hydroxylation is 1. The normalized spacial score (nSPS) is 17.1. The van der Waals surface area contributed by atoms with E-state index in [4.69, 9.17) is 0 Å². The van der Waals surface area contributed by atoms with Crippen LogP contribution < -0.4 is 4.90 Å². The van der Waals surface area contributed by atoms with Gasteiger partial charge in [0.2, 0.25) is 0 Å². The van der Waals surface area contributed by atoms with Crippen molar-refractivity contribution in [1.29, 1.82) is 0 Å². The number of carboxylic acid groups (broad SMARTS) is 1. The Morgan fingerprint density at radius 3 is 2.70 bits per heavy atom. The average Bonchev–Trinajstić information content (AvgIpc) is 3.01. The van der Waals surface area contributed by atoms with Crippen molar-refractivity contribution < 1.29 is 14.7 Å². The molecule has 0 saturated carbocycles. The van der Waals surface area contributed by atoms with Crippen LogP contribution in [0.5, 0.6) is 0 Å². The van der Waals surface area contributed by atoms with E-state index >= 15 is 0 Å². The van der Waals surface area contributed by atoms with Crippen LogP contribution in [-0.4, -0.2) is 23.5 Å². The van der Waals surface area contributed by atoms with Crippen LogP contribution in [0.15, 0.2) is 35.0 Å². The second kappa shape index (κ2) is 4.76. The largest absolute Gasteiger partial charge is 0.481 e. The molecule has 1 aromatic heterocycles. The van der Waals surface area contributed by atoms with Gasteiger partial charge in [0.05, 0.1) is 5.56 Å². The van der Waals surface area contributed by atoms with Crippen molar-refractivity contribution in [1.82, 2.24) is 0 Å². The third kappa shape index (κ3) is 1.91. The molecule has 0 radical (unpaired) electrons. The maximum absolute atomic E-state index is 12.6. The minimum absolute atomic E-state index is 0.125. The van der Waals surface area contributed by atoms with Crippen LogP contribution in [0.25, 0.3) is 0 Å². The van der Waals surface area contributed by atoms with Gasteiger partial charge in [0.15, 0.2) is 0 Å². The van der Waals surface area contributed by atoms with Crippen molar-refractivity contribution in [2.45, 2.75) is 12.8 Å². The van der Waals surface area contributed by atoms with Gasteiger partial charge in [-0.25, -0.2) is 0 Å². The fraction of sp³-hybridized carbons (Fsp3) is 0.200. The number of carbonyl (C=O) groups excluding carboxylic acids is 1. The number of hydrogen-bond acceptors (Lipinski definition) is 3. The van der Waals surface area contributed by atoms with Crippen LogP contribution in [0.4, 0.5) is 5.69 Å². The highest BCUT2D eigenvalue weighted by Crippen LogP contribution is 2.37. The smallest absolute Gasteiger partial charge is 0.312 e. The van der Waals surface area contributed by atoms with E-state index in [9.17, 15) is 14.7 Å². The Morgan fingerprint density at radius 2 is 2.05 bits per heavy atom. The topological polar surface area (TPSA) is 57.6 Å². The van der Waals surface area contributed by atoms with Crippen LogP contribution in [0, 0.1) is 6.92 Å². The Hall–Kier alpha value is -2.14. The van der Waals surface area contributed by atoms with E-state index < -0.39 is 11.9 Å². The van der Waals surface area contributed by atoms with Crippen molar-refractivity contribution in [3.63, 3.8) is 0 Å². The zero-order chi connectivity index (χ0) is 14.3. The molecule has 0 unspecified atom stereocenters. The predicted molar refractivity (Wildman–Crippen MR) is 77.6 cm³/mol. The fourth-order valence-electron chi connectivity index (χ4n) is 2.54. The summed E-state index contributed by atoms with van der Waals surface area (Å²) >= 11 is 1.48. The number of hydrogen-bond donors (Lipinski definition) is 1. The molecule has 1 atom stereocenters. The van der Waals surface area contributed by atoms with Crippen LogP contribution in [-0.2, 0) is 4.79 Å². The second-order valence-corrected chi connectivity index (χ2v) is 5.58. The molecule has 0 spiro atoms. The number of para-hydroxylation sites is 1. The summed E-state index contributed by atoms with van der Waals surface area (Å²) in [4.78, 5) is 25.5. The van der Waals surface area contributed by atoms with E-state index in [1.165, 1.54) is 11.3 Å². The van der Waals surface area contributed by atoms with Gasteiger partial charge >= 0.3 is 5.97 Å². The maximum atomic E-state index is 12.6. The number of carboxylic acids is 1. The predicted octanol–water partition coefficient (Wildman–Crippen LogP) is 2.89. The van der Waals surface area contributed by atoms with Gasteiger partial charge in [-0.2, -0.15) is 11.3 Å². The van der Waals surface area contributed by atoms with E-state index in [2.05, 4.69) is 0 Å². The standard InChI is InChI=1S/C15H13NO3S/c1-9-7-20-8-12(9)14(17)16-6-11(15(18)19)10-4-2-3-5-13(10)16/h2-5,7-8,11H,6H2,1H3,(H,18,19)/t11-/m0/s1. The molecule has 3 rings (SSSR count). The molecule has 0 fully saturated rings. The summed E-state index contributed by atoms with van der Waals surface area (Å²) in [6.07, 6.45) is 0.